The van der Waals surface area contributed by atoms with Crippen LogP contribution in [0.4, 0.5) is 0 Å². The van der Waals surface area contributed by atoms with Crippen LogP contribution in [0.1, 0.15) is 65.5 Å². The van der Waals surface area contributed by atoms with E-state index in [9.17, 15) is 4.79 Å². The molecule has 2 nitrogen and oxygen atoms in total. The lowest BCUT2D eigenvalue weighted by Crippen LogP contribution is -2.39. The number of carbonyl (C=O) groups is 1. The van der Waals surface area contributed by atoms with Gasteiger partial charge in [-0.15, -0.1) is 0 Å². The summed E-state index contributed by atoms with van der Waals surface area (Å²) in [5.41, 5.74) is 2.39. The summed E-state index contributed by atoms with van der Waals surface area (Å²) in [7, 11) is 0. The van der Waals surface area contributed by atoms with Crippen molar-refractivity contribution in [3.63, 3.8) is 0 Å². The van der Waals surface area contributed by atoms with Crippen LogP contribution in [0.3, 0.4) is 0 Å². The normalized spacial score (nSPS) is 14.2. The molecular weight excluding hydrogens is 258 g/mol. The summed E-state index contributed by atoms with van der Waals surface area (Å²) in [6.45, 7) is 14.9. The molecule has 0 bridgehead atoms. The largest absolute Gasteiger partial charge is 0.348 e. The highest BCUT2D eigenvalue weighted by atomic mass is 16.1. The third kappa shape index (κ3) is 6.16. The topological polar surface area (TPSA) is 29.1 Å². The van der Waals surface area contributed by atoms with Crippen LogP contribution in [0.15, 0.2) is 30.3 Å². The number of benzene rings is 1. The molecule has 0 aliphatic heterocycles. The Labute approximate surface area is 129 Å². The molecule has 2 heteroatoms. The number of rotatable bonds is 3. The Kier molecular flexibility index (Phi) is 5.38. The maximum Gasteiger partial charge on any atom is 0.244 e. The minimum absolute atomic E-state index is 0.0585. The first-order chi connectivity index (χ1) is 9.49. The van der Waals surface area contributed by atoms with Gasteiger partial charge in [-0.25, -0.2) is 0 Å². The van der Waals surface area contributed by atoms with Crippen molar-refractivity contribution < 1.29 is 4.79 Å². The van der Waals surface area contributed by atoms with Gasteiger partial charge in [-0.2, -0.15) is 0 Å². The number of carbonyl (C=O) groups excluding carboxylic acids is 1. The summed E-state index contributed by atoms with van der Waals surface area (Å²) in [5.74, 6) is 0.408. The van der Waals surface area contributed by atoms with E-state index in [-0.39, 0.29) is 16.9 Å². The average molecular weight is 287 g/mol. The molecule has 1 N–H and O–H groups in total. The van der Waals surface area contributed by atoms with Crippen molar-refractivity contribution in [1.82, 2.24) is 5.32 Å². The standard InChI is InChI=1S/C19H29NO/c1-14(18(2,3)4)16-10-8-9-15(13-16)11-12-17(21)20-19(5,6)7/h8-14H,1-7H3,(H,20,21). The third-order valence-electron chi connectivity index (χ3n) is 3.64. The van der Waals surface area contributed by atoms with E-state index in [4.69, 9.17) is 0 Å². The maximum absolute atomic E-state index is 11.8. The quantitative estimate of drug-likeness (QED) is 0.798. The Hall–Kier alpha value is -1.57. The van der Waals surface area contributed by atoms with Gasteiger partial charge in [0.05, 0.1) is 0 Å². The Balaban J connectivity index is 2.84. The zero-order valence-electron chi connectivity index (χ0n) is 14.4. The van der Waals surface area contributed by atoms with Crippen molar-refractivity contribution in [2.45, 2.75) is 59.9 Å². The number of hydrogen-bond donors (Lipinski definition) is 1. The van der Waals surface area contributed by atoms with Crippen molar-refractivity contribution in [1.29, 1.82) is 0 Å². The maximum atomic E-state index is 11.8. The lowest BCUT2D eigenvalue weighted by molar-refractivity contribution is -0.117. The molecule has 1 unspecified atom stereocenters. The molecule has 0 heterocycles. The molecule has 116 valence electrons. The molecule has 0 spiro atoms. The molecule has 1 amide bonds. The molecule has 1 atom stereocenters. The molecule has 0 saturated heterocycles. The smallest absolute Gasteiger partial charge is 0.244 e. The van der Waals surface area contributed by atoms with Crippen LogP contribution in [0.5, 0.6) is 0 Å². The first kappa shape index (κ1) is 17.5. The Morgan fingerprint density at radius 2 is 1.76 bits per heavy atom. The summed E-state index contributed by atoms with van der Waals surface area (Å²) < 4.78 is 0. The van der Waals surface area contributed by atoms with Crippen LogP contribution in [-0.2, 0) is 4.79 Å². The summed E-state index contributed by atoms with van der Waals surface area (Å²) in [4.78, 5) is 11.8. The molecular formula is C19H29NO. The van der Waals surface area contributed by atoms with Gasteiger partial charge in [-0.1, -0.05) is 52.0 Å². The van der Waals surface area contributed by atoms with Gasteiger partial charge >= 0.3 is 0 Å². The van der Waals surface area contributed by atoms with E-state index in [1.165, 1.54) is 5.56 Å². The van der Waals surface area contributed by atoms with E-state index < -0.39 is 0 Å². The zero-order valence-corrected chi connectivity index (χ0v) is 14.4. The molecule has 0 fully saturated rings. The Bertz CT molecular complexity index is 515. The van der Waals surface area contributed by atoms with Crippen LogP contribution < -0.4 is 5.32 Å². The van der Waals surface area contributed by atoms with E-state index in [0.717, 1.165) is 5.56 Å². The second kappa shape index (κ2) is 6.46. The van der Waals surface area contributed by atoms with Gasteiger partial charge in [0.1, 0.15) is 0 Å². The van der Waals surface area contributed by atoms with Crippen LogP contribution in [0.2, 0.25) is 0 Å². The van der Waals surface area contributed by atoms with E-state index >= 15 is 0 Å². The number of hydrogen-bond acceptors (Lipinski definition) is 1. The highest BCUT2D eigenvalue weighted by Gasteiger charge is 2.21. The van der Waals surface area contributed by atoms with Crippen molar-refractivity contribution in [2.75, 3.05) is 0 Å². The molecule has 0 aliphatic rings. The molecule has 0 aromatic heterocycles. The molecule has 0 aliphatic carbocycles. The monoisotopic (exact) mass is 287 g/mol. The van der Waals surface area contributed by atoms with Crippen molar-refractivity contribution in [2.24, 2.45) is 5.41 Å². The number of nitrogens with one attached hydrogen (secondary N) is 1. The van der Waals surface area contributed by atoms with Crippen molar-refractivity contribution >= 4 is 12.0 Å². The second-order valence-electron chi connectivity index (χ2n) is 7.83. The van der Waals surface area contributed by atoms with E-state index in [1.54, 1.807) is 6.08 Å². The van der Waals surface area contributed by atoms with Crippen LogP contribution in [0, 0.1) is 5.41 Å². The summed E-state index contributed by atoms with van der Waals surface area (Å²) in [5, 5.41) is 2.93. The SMILES string of the molecule is CC(c1cccc(C=CC(=O)NC(C)(C)C)c1)C(C)(C)C. The first-order valence-electron chi connectivity index (χ1n) is 7.59. The summed E-state index contributed by atoms with van der Waals surface area (Å²) >= 11 is 0. The predicted octanol–water partition coefficient (Wildman–Crippen LogP) is 4.76. The molecule has 0 saturated carbocycles. The van der Waals surface area contributed by atoms with Gasteiger partial charge in [-0.3, -0.25) is 4.79 Å². The fraction of sp³-hybridized carbons (Fsp3) is 0.526. The lowest BCUT2D eigenvalue weighted by atomic mass is 9.77. The summed E-state index contributed by atoms with van der Waals surface area (Å²) in [6.07, 6.45) is 3.48. The summed E-state index contributed by atoms with van der Waals surface area (Å²) in [6, 6.07) is 8.40. The van der Waals surface area contributed by atoms with Crippen LogP contribution >= 0.6 is 0 Å². The van der Waals surface area contributed by atoms with E-state index in [0.29, 0.717) is 5.92 Å². The van der Waals surface area contributed by atoms with Crippen LogP contribution in [0.25, 0.3) is 6.08 Å². The first-order valence-corrected chi connectivity index (χ1v) is 7.59. The van der Waals surface area contributed by atoms with Gasteiger partial charge in [0.15, 0.2) is 0 Å². The van der Waals surface area contributed by atoms with Crippen molar-refractivity contribution in [3.8, 4) is 0 Å². The molecule has 1 rings (SSSR count). The minimum atomic E-state index is -0.204. The fourth-order valence-corrected chi connectivity index (χ4v) is 2.02. The Morgan fingerprint density at radius 1 is 1.14 bits per heavy atom. The average Bonchev–Trinajstić information content (AvgIpc) is 2.32. The molecule has 0 radical (unpaired) electrons. The van der Waals surface area contributed by atoms with Gasteiger partial charge in [0, 0.05) is 11.6 Å². The minimum Gasteiger partial charge on any atom is -0.348 e. The molecule has 1 aromatic rings. The van der Waals surface area contributed by atoms with Gasteiger partial charge in [-0.05, 0) is 49.3 Å². The predicted molar refractivity (Wildman–Crippen MR) is 91.2 cm³/mol. The highest BCUT2D eigenvalue weighted by Crippen LogP contribution is 2.34. The van der Waals surface area contributed by atoms with Gasteiger partial charge < -0.3 is 5.32 Å². The van der Waals surface area contributed by atoms with Crippen molar-refractivity contribution in [3.05, 3.63) is 41.5 Å². The van der Waals surface area contributed by atoms with Gasteiger partial charge in [0.2, 0.25) is 5.91 Å². The zero-order chi connectivity index (χ0) is 16.3. The molecule has 21 heavy (non-hydrogen) atoms. The Morgan fingerprint density at radius 3 is 2.29 bits per heavy atom. The van der Waals surface area contributed by atoms with Crippen LogP contribution in [-0.4, -0.2) is 11.4 Å². The third-order valence-corrected chi connectivity index (χ3v) is 3.64. The highest BCUT2D eigenvalue weighted by molar-refractivity contribution is 5.92. The molecule has 1 aromatic carbocycles. The lowest BCUT2D eigenvalue weighted by Gasteiger charge is -2.27. The second-order valence-corrected chi connectivity index (χ2v) is 7.83. The van der Waals surface area contributed by atoms with Gasteiger partial charge in [0.25, 0.3) is 0 Å². The van der Waals surface area contributed by atoms with E-state index in [2.05, 4.69) is 51.2 Å². The van der Waals surface area contributed by atoms with E-state index in [1.807, 2.05) is 32.9 Å². The number of amides is 1. The fourth-order valence-electron chi connectivity index (χ4n) is 2.02.